The van der Waals surface area contributed by atoms with Crippen LogP contribution in [0.1, 0.15) is 67.2 Å². The molecule has 1 rings (SSSR count). The molecule has 29 heavy (non-hydrogen) atoms. The van der Waals surface area contributed by atoms with Crippen molar-refractivity contribution in [2.75, 3.05) is 6.61 Å². The van der Waals surface area contributed by atoms with E-state index in [0.717, 1.165) is 31.4 Å². The Bertz CT molecular complexity index is 613. The van der Waals surface area contributed by atoms with Gasteiger partial charge in [0.15, 0.2) is 0 Å². The quantitative estimate of drug-likeness (QED) is 0.394. The predicted octanol–water partition coefficient (Wildman–Crippen LogP) is 4.90. The van der Waals surface area contributed by atoms with Crippen molar-refractivity contribution in [3.63, 3.8) is 0 Å². The minimum atomic E-state index is -1.18. The average Bonchev–Trinajstić information content (AvgIpc) is 2.63. The van der Waals surface area contributed by atoms with Gasteiger partial charge in [-0.1, -0.05) is 44.4 Å². The van der Waals surface area contributed by atoms with Crippen LogP contribution in [0.2, 0.25) is 0 Å². The number of unbranched alkanes of at least 4 members (excludes halogenated alkanes) is 2. The van der Waals surface area contributed by atoms with Gasteiger partial charge in [0, 0.05) is 0 Å². The van der Waals surface area contributed by atoms with Gasteiger partial charge in [-0.15, -0.1) is 0 Å². The highest BCUT2D eigenvalue weighted by Gasteiger charge is 2.31. The molecule has 1 aromatic rings. The van der Waals surface area contributed by atoms with Gasteiger partial charge in [-0.05, 0) is 53.2 Å². The van der Waals surface area contributed by atoms with Crippen LogP contribution in [0.25, 0.3) is 0 Å². The summed E-state index contributed by atoms with van der Waals surface area (Å²) in [4.78, 5) is 23.8. The van der Waals surface area contributed by atoms with Crippen LogP contribution >= 0.6 is 0 Å². The molecule has 0 radical (unpaired) electrons. The molecule has 0 unspecified atom stereocenters. The van der Waals surface area contributed by atoms with Gasteiger partial charge in [0.2, 0.25) is 0 Å². The van der Waals surface area contributed by atoms with Crippen LogP contribution in [0, 0.1) is 0 Å². The van der Waals surface area contributed by atoms with E-state index in [1.807, 2.05) is 37.3 Å². The average molecular weight is 408 g/mol. The predicted molar refractivity (Wildman–Crippen MR) is 114 cm³/mol. The first kappa shape index (κ1) is 25.0. The molecule has 164 valence electrons. The summed E-state index contributed by atoms with van der Waals surface area (Å²) < 4.78 is 17.4. The van der Waals surface area contributed by atoms with Crippen molar-refractivity contribution >= 4 is 12.4 Å². The van der Waals surface area contributed by atoms with Gasteiger partial charge in [-0.3, -0.25) is 0 Å². The molecular formula is C23H37NO5. The number of amides is 1. The molecule has 6 heteroatoms. The van der Waals surface area contributed by atoms with Crippen LogP contribution in [-0.2, 0) is 14.3 Å². The molecule has 0 aliphatic rings. The summed E-state index contributed by atoms with van der Waals surface area (Å²) >= 11 is 0. The second-order valence-corrected chi connectivity index (χ2v) is 8.64. The van der Waals surface area contributed by atoms with Crippen molar-refractivity contribution < 1.29 is 23.8 Å². The zero-order valence-corrected chi connectivity index (χ0v) is 18.7. The number of rotatable bonds is 12. The topological polar surface area (TPSA) is 73.9 Å². The first-order chi connectivity index (χ1) is 13.6. The number of para-hydroxylation sites is 1. The SMILES string of the molecule is CCCCC[C@H](OC[C@@](C)(C=O)NC(=O)OC(C)(C)C)[C@H](C)Oc1ccccc1. The number of benzene rings is 1. The van der Waals surface area contributed by atoms with Crippen molar-refractivity contribution in [2.45, 2.75) is 90.6 Å². The molecule has 0 aliphatic carbocycles. The van der Waals surface area contributed by atoms with E-state index in [1.54, 1.807) is 27.7 Å². The lowest BCUT2D eigenvalue weighted by Crippen LogP contribution is -2.53. The molecule has 0 saturated carbocycles. The first-order valence-electron chi connectivity index (χ1n) is 10.4. The lowest BCUT2D eigenvalue weighted by Gasteiger charge is -2.31. The van der Waals surface area contributed by atoms with E-state index < -0.39 is 17.2 Å². The summed E-state index contributed by atoms with van der Waals surface area (Å²) in [5.74, 6) is 0.772. The van der Waals surface area contributed by atoms with Crippen LogP contribution in [0.15, 0.2) is 30.3 Å². The van der Waals surface area contributed by atoms with Crippen molar-refractivity contribution in [1.82, 2.24) is 5.32 Å². The minimum Gasteiger partial charge on any atom is -0.488 e. The Morgan fingerprint density at radius 2 is 1.79 bits per heavy atom. The molecule has 0 spiro atoms. The summed E-state index contributed by atoms with van der Waals surface area (Å²) in [5.41, 5.74) is -1.83. The van der Waals surface area contributed by atoms with Crippen molar-refractivity contribution in [2.24, 2.45) is 0 Å². The van der Waals surface area contributed by atoms with Gasteiger partial charge in [0.05, 0.1) is 12.7 Å². The number of ether oxygens (including phenoxy) is 3. The third-order valence-corrected chi connectivity index (χ3v) is 4.32. The molecule has 0 heterocycles. The molecule has 0 fully saturated rings. The fraction of sp³-hybridized carbons (Fsp3) is 0.652. The second-order valence-electron chi connectivity index (χ2n) is 8.64. The minimum absolute atomic E-state index is 0.0367. The first-order valence-corrected chi connectivity index (χ1v) is 10.4. The number of nitrogens with one attached hydrogen (secondary N) is 1. The van der Waals surface area contributed by atoms with Gasteiger partial charge < -0.3 is 24.3 Å². The van der Waals surface area contributed by atoms with Crippen LogP contribution in [0.4, 0.5) is 4.79 Å². The third kappa shape index (κ3) is 10.3. The number of alkyl carbamates (subject to hydrolysis) is 1. The van der Waals surface area contributed by atoms with Crippen molar-refractivity contribution in [3.8, 4) is 5.75 Å². The number of carbonyl (C=O) groups excluding carboxylic acids is 2. The highest BCUT2D eigenvalue weighted by atomic mass is 16.6. The van der Waals surface area contributed by atoms with E-state index in [1.165, 1.54) is 0 Å². The van der Waals surface area contributed by atoms with Gasteiger partial charge in [0.1, 0.15) is 29.3 Å². The Labute approximate surface area is 175 Å². The fourth-order valence-electron chi connectivity index (χ4n) is 2.76. The van der Waals surface area contributed by atoms with E-state index in [0.29, 0.717) is 6.29 Å². The van der Waals surface area contributed by atoms with Gasteiger partial charge in [-0.25, -0.2) is 4.79 Å². The van der Waals surface area contributed by atoms with Gasteiger partial charge in [0.25, 0.3) is 0 Å². The summed E-state index contributed by atoms with van der Waals surface area (Å²) in [7, 11) is 0. The molecule has 1 aromatic carbocycles. The third-order valence-electron chi connectivity index (χ3n) is 4.32. The normalized spacial score (nSPS) is 15.7. The second kappa shape index (κ2) is 11.8. The number of aldehydes is 1. The Hall–Kier alpha value is -2.08. The lowest BCUT2D eigenvalue weighted by atomic mass is 10.0. The maximum absolute atomic E-state index is 12.1. The van der Waals surface area contributed by atoms with E-state index >= 15 is 0 Å². The van der Waals surface area contributed by atoms with E-state index in [2.05, 4.69) is 12.2 Å². The molecule has 1 N–H and O–H groups in total. The Balaban J connectivity index is 2.74. The van der Waals surface area contributed by atoms with Crippen LogP contribution in [-0.4, -0.2) is 42.3 Å². The van der Waals surface area contributed by atoms with Crippen LogP contribution in [0.3, 0.4) is 0 Å². The molecule has 0 aromatic heterocycles. The fourth-order valence-corrected chi connectivity index (χ4v) is 2.76. The van der Waals surface area contributed by atoms with Crippen LogP contribution in [0.5, 0.6) is 5.75 Å². The highest BCUT2D eigenvalue weighted by molar-refractivity contribution is 5.76. The van der Waals surface area contributed by atoms with Gasteiger partial charge in [-0.2, -0.15) is 0 Å². The van der Waals surface area contributed by atoms with Crippen LogP contribution < -0.4 is 10.1 Å². The molecule has 0 saturated heterocycles. The van der Waals surface area contributed by atoms with Gasteiger partial charge >= 0.3 is 6.09 Å². The van der Waals surface area contributed by atoms with Crippen molar-refractivity contribution in [1.29, 1.82) is 0 Å². The Kier molecular flexibility index (Phi) is 10.2. The highest BCUT2D eigenvalue weighted by Crippen LogP contribution is 2.19. The lowest BCUT2D eigenvalue weighted by molar-refractivity contribution is -0.118. The summed E-state index contributed by atoms with van der Waals surface area (Å²) in [5, 5.41) is 2.62. The molecule has 1 amide bonds. The number of hydrogen-bond acceptors (Lipinski definition) is 5. The number of carbonyl (C=O) groups is 2. The smallest absolute Gasteiger partial charge is 0.408 e. The number of hydrogen-bond donors (Lipinski definition) is 1. The molecule has 3 atom stereocenters. The van der Waals surface area contributed by atoms with E-state index in [4.69, 9.17) is 14.2 Å². The maximum Gasteiger partial charge on any atom is 0.408 e. The summed E-state index contributed by atoms with van der Waals surface area (Å²) in [6.45, 7) is 11.1. The molecule has 0 bridgehead atoms. The zero-order chi connectivity index (χ0) is 21.9. The van der Waals surface area contributed by atoms with E-state index in [-0.39, 0.29) is 18.8 Å². The monoisotopic (exact) mass is 407 g/mol. The maximum atomic E-state index is 12.1. The molecule has 6 nitrogen and oxygen atoms in total. The molecular weight excluding hydrogens is 370 g/mol. The van der Waals surface area contributed by atoms with Crippen molar-refractivity contribution in [3.05, 3.63) is 30.3 Å². The Morgan fingerprint density at radius 3 is 2.34 bits per heavy atom. The van der Waals surface area contributed by atoms with E-state index in [9.17, 15) is 9.59 Å². The largest absolute Gasteiger partial charge is 0.488 e. The zero-order valence-electron chi connectivity index (χ0n) is 18.7. The summed E-state index contributed by atoms with van der Waals surface area (Å²) in [6.07, 6.45) is 3.64. The standard InChI is InChI=1S/C23H37NO5/c1-7-8-10-15-20(18(2)28-19-13-11-9-12-14-19)27-17-23(6,16-25)24-21(26)29-22(3,4)5/h9,11-14,16,18,20H,7-8,10,15,17H2,1-6H3,(H,24,26)/t18-,20-,23+/m0/s1. The Morgan fingerprint density at radius 1 is 1.14 bits per heavy atom. The molecule has 0 aliphatic heterocycles. The summed E-state index contributed by atoms with van der Waals surface area (Å²) in [6, 6.07) is 9.58.